The van der Waals surface area contributed by atoms with E-state index >= 15 is 0 Å². The van der Waals surface area contributed by atoms with Crippen LogP contribution < -0.4 is 16.8 Å². The highest BCUT2D eigenvalue weighted by atomic mass is 32.1. The Bertz CT molecular complexity index is 2100. The molecule has 5 aromatic carbocycles. The molecule has 7 rings (SSSR count). The summed E-state index contributed by atoms with van der Waals surface area (Å²) in [6.07, 6.45) is 0.612. The van der Waals surface area contributed by atoms with E-state index in [0.29, 0.717) is 34.4 Å². The molecular formula is C33H25N5O3S2. The van der Waals surface area contributed by atoms with Crippen LogP contribution in [0.5, 0.6) is 5.75 Å². The van der Waals surface area contributed by atoms with Crippen molar-refractivity contribution < 1.29 is 14.7 Å². The second kappa shape index (κ2) is 11.5. The lowest BCUT2D eigenvalue weighted by Crippen LogP contribution is -2.19. The number of aldehydes is 1. The van der Waals surface area contributed by atoms with Gasteiger partial charge in [-0.1, -0.05) is 36.4 Å². The largest absolute Gasteiger partial charge is 0.505 e. The lowest BCUT2D eigenvalue weighted by atomic mass is 10.0. The molecule has 0 aliphatic carbocycles. The number of nitrogens with two attached hydrogens (primary N) is 2. The minimum atomic E-state index is -0.290. The fourth-order valence-corrected chi connectivity index (χ4v) is 6.67. The van der Waals surface area contributed by atoms with E-state index in [2.05, 4.69) is 17.4 Å². The summed E-state index contributed by atoms with van der Waals surface area (Å²) in [6, 6.07) is 28.7. The molecule has 0 spiro atoms. The number of nitrogens with one attached hydrogen (secondary N) is 1. The highest BCUT2D eigenvalue weighted by molar-refractivity contribution is 7.22. The Morgan fingerprint density at radius 1 is 0.837 bits per heavy atom. The van der Waals surface area contributed by atoms with Crippen LogP contribution in [0.1, 0.15) is 20.7 Å². The van der Waals surface area contributed by atoms with Crippen molar-refractivity contribution in [1.29, 1.82) is 0 Å². The number of anilines is 2. The van der Waals surface area contributed by atoms with Crippen molar-refractivity contribution in [2.24, 2.45) is 0 Å². The second-order valence-corrected chi connectivity index (χ2v) is 11.7. The third-order valence-corrected chi connectivity index (χ3v) is 9.05. The molecule has 2 heterocycles. The van der Waals surface area contributed by atoms with Gasteiger partial charge < -0.3 is 21.9 Å². The van der Waals surface area contributed by atoms with Crippen LogP contribution in [0.15, 0.2) is 91.0 Å². The van der Waals surface area contributed by atoms with Crippen LogP contribution in [0, 0.1) is 0 Å². The topological polar surface area (TPSA) is 144 Å². The van der Waals surface area contributed by atoms with Gasteiger partial charge in [0.25, 0.3) is 5.91 Å². The predicted molar refractivity (Wildman–Crippen MR) is 177 cm³/mol. The summed E-state index contributed by atoms with van der Waals surface area (Å²) in [5.74, 6) is -0.212. The van der Waals surface area contributed by atoms with Crippen molar-refractivity contribution in [3.8, 4) is 26.9 Å². The quantitative estimate of drug-likeness (QED) is 0.0952. The summed E-state index contributed by atoms with van der Waals surface area (Å²) in [4.78, 5) is 31.2. The van der Waals surface area contributed by atoms with Gasteiger partial charge in [-0.15, -0.1) is 22.7 Å². The van der Waals surface area contributed by atoms with E-state index in [4.69, 9.17) is 21.4 Å². The third-order valence-electron chi connectivity index (χ3n) is 6.89. The Balaban J connectivity index is 0.000000214. The number of hydrogen-bond acceptors (Lipinski definition) is 9. The zero-order valence-electron chi connectivity index (χ0n) is 22.9. The Labute approximate surface area is 254 Å². The number of thiazole rings is 2. The number of nitrogen functional groups attached to an aromatic ring is 2. The molecule has 0 saturated carbocycles. The average molecular weight is 604 g/mol. The highest BCUT2D eigenvalue weighted by Gasteiger charge is 2.17. The van der Waals surface area contributed by atoms with Crippen LogP contribution in [0.4, 0.5) is 11.4 Å². The van der Waals surface area contributed by atoms with Crippen LogP contribution in [0.25, 0.3) is 52.3 Å². The van der Waals surface area contributed by atoms with Crippen molar-refractivity contribution in [2.45, 2.75) is 0 Å². The van der Waals surface area contributed by atoms with Crippen molar-refractivity contribution in [2.75, 3.05) is 18.5 Å². The predicted octanol–water partition coefficient (Wildman–Crippen LogP) is 7.12. The number of carbonyl (C=O) groups excluding carboxylic acids is 2. The SMILES string of the molecule is CNC(=O)c1ccc(N)cc1C=O.Nc1c(O)c(-c2nc3ccccc3s2)cc2cc(-c3nc4ccccc4s3)ccc12. The molecular weight excluding hydrogens is 579 g/mol. The molecule has 0 aliphatic rings. The first-order valence-corrected chi connectivity index (χ1v) is 14.8. The van der Waals surface area contributed by atoms with Gasteiger partial charge >= 0.3 is 0 Å². The van der Waals surface area contributed by atoms with Gasteiger partial charge in [-0.3, -0.25) is 9.59 Å². The third kappa shape index (κ3) is 5.36. The summed E-state index contributed by atoms with van der Waals surface area (Å²) in [6.45, 7) is 0. The first-order chi connectivity index (χ1) is 20.9. The van der Waals surface area contributed by atoms with Crippen molar-refractivity contribution >= 4 is 77.4 Å². The number of phenolic OH excluding ortho intramolecular Hbond substituents is 1. The number of para-hydroxylation sites is 2. The minimum Gasteiger partial charge on any atom is -0.505 e. The maximum absolute atomic E-state index is 11.2. The lowest BCUT2D eigenvalue weighted by molar-refractivity contribution is 0.0957. The van der Waals surface area contributed by atoms with Crippen LogP contribution in [-0.2, 0) is 0 Å². The van der Waals surface area contributed by atoms with Crippen LogP contribution in [-0.4, -0.2) is 34.3 Å². The zero-order chi connectivity index (χ0) is 30.1. The molecule has 0 bridgehead atoms. The first-order valence-electron chi connectivity index (χ1n) is 13.2. The normalized spacial score (nSPS) is 10.9. The summed E-state index contributed by atoms with van der Waals surface area (Å²) < 4.78 is 2.24. The number of carbonyl (C=O) groups is 2. The monoisotopic (exact) mass is 603 g/mol. The van der Waals surface area contributed by atoms with E-state index in [9.17, 15) is 14.7 Å². The number of rotatable bonds is 4. The zero-order valence-corrected chi connectivity index (χ0v) is 24.5. The van der Waals surface area contributed by atoms with Gasteiger partial charge in [-0.2, -0.15) is 0 Å². The van der Waals surface area contributed by atoms with E-state index in [1.54, 1.807) is 28.7 Å². The van der Waals surface area contributed by atoms with E-state index in [-0.39, 0.29) is 11.7 Å². The Hall–Kier alpha value is -5.32. The minimum absolute atomic E-state index is 0.0780. The molecule has 212 valence electrons. The Morgan fingerprint density at radius 3 is 2.14 bits per heavy atom. The molecule has 10 heteroatoms. The summed E-state index contributed by atoms with van der Waals surface area (Å²) in [7, 11) is 1.51. The Kier molecular flexibility index (Phi) is 7.45. The summed E-state index contributed by atoms with van der Waals surface area (Å²) in [5.41, 5.74) is 16.9. The van der Waals surface area contributed by atoms with Gasteiger partial charge in [0.1, 0.15) is 15.8 Å². The van der Waals surface area contributed by atoms with E-state index in [1.165, 1.54) is 19.2 Å². The van der Waals surface area contributed by atoms with E-state index in [1.807, 2.05) is 60.7 Å². The van der Waals surface area contributed by atoms with Gasteiger partial charge in [0.05, 0.1) is 31.7 Å². The number of amides is 1. The van der Waals surface area contributed by atoms with Crippen molar-refractivity contribution in [1.82, 2.24) is 15.3 Å². The molecule has 2 aromatic heterocycles. The first kappa shape index (κ1) is 27.8. The molecule has 43 heavy (non-hydrogen) atoms. The fraction of sp³-hybridized carbons (Fsp3) is 0.0303. The molecule has 6 N–H and O–H groups in total. The standard InChI is InChI=1S/C24H15N3OS2.C9H10N2O2/c25-21-15-10-9-13(23-26-17-5-1-3-7-19(17)29-23)11-14(15)12-16(22(21)28)24-27-18-6-2-4-8-20(18)30-24;1-11-9(13)8-3-2-7(10)4-6(8)5-12/h1-12,28H,25H2;2-5H,10H2,1H3,(H,11,13). The van der Waals surface area contributed by atoms with Crippen LogP contribution in [0.3, 0.4) is 0 Å². The maximum Gasteiger partial charge on any atom is 0.251 e. The van der Waals surface area contributed by atoms with Gasteiger partial charge in [0, 0.05) is 34.8 Å². The number of benzene rings is 5. The van der Waals surface area contributed by atoms with Gasteiger partial charge in [-0.05, 0) is 60.0 Å². The molecule has 1 amide bonds. The Morgan fingerprint density at radius 2 is 1.49 bits per heavy atom. The average Bonchev–Trinajstić information content (AvgIpc) is 3.67. The van der Waals surface area contributed by atoms with Crippen LogP contribution in [0.2, 0.25) is 0 Å². The lowest BCUT2D eigenvalue weighted by Gasteiger charge is -2.10. The molecule has 7 aromatic rings. The van der Waals surface area contributed by atoms with Crippen molar-refractivity contribution in [3.05, 3.63) is 102 Å². The molecule has 0 radical (unpaired) electrons. The van der Waals surface area contributed by atoms with E-state index in [0.717, 1.165) is 46.8 Å². The van der Waals surface area contributed by atoms with Crippen molar-refractivity contribution in [3.63, 3.8) is 0 Å². The number of hydrogen-bond donors (Lipinski definition) is 4. The molecule has 0 fully saturated rings. The number of aromatic nitrogens is 2. The smallest absolute Gasteiger partial charge is 0.251 e. The number of nitrogens with zero attached hydrogens (tertiary/aromatic N) is 2. The second-order valence-electron chi connectivity index (χ2n) is 9.64. The summed E-state index contributed by atoms with van der Waals surface area (Å²) in [5, 5.41) is 16.7. The molecule has 0 aliphatic heterocycles. The van der Waals surface area contributed by atoms with E-state index < -0.39 is 0 Å². The number of phenols is 1. The number of aromatic hydroxyl groups is 1. The molecule has 0 saturated heterocycles. The molecule has 8 nitrogen and oxygen atoms in total. The van der Waals surface area contributed by atoms with Gasteiger partial charge in [-0.25, -0.2) is 9.97 Å². The van der Waals surface area contributed by atoms with Gasteiger partial charge in [0.2, 0.25) is 0 Å². The fourth-order valence-electron chi connectivity index (χ4n) is 4.72. The molecule has 0 atom stereocenters. The van der Waals surface area contributed by atoms with Crippen LogP contribution >= 0.6 is 22.7 Å². The van der Waals surface area contributed by atoms with Gasteiger partial charge in [0.15, 0.2) is 6.29 Å². The number of fused-ring (bicyclic) bond motifs is 3. The molecule has 0 unspecified atom stereocenters. The highest BCUT2D eigenvalue weighted by Crippen LogP contribution is 2.43. The maximum atomic E-state index is 11.2. The summed E-state index contributed by atoms with van der Waals surface area (Å²) >= 11 is 3.22.